The molecule has 5 N–H and O–H groups in total. The molecule has 4 rings (SSSR count). The molecule has 1 atom stereocenters. The van der Waals surface area contributed by atoms with Gasteiger partial charge in [-0.15, -0.1) is 0 Å². The summed E-state index contributed by atoms with van der Waals surface area (Å²) in [5.41, 5.74) is 3.59. The van der Waals surface area contributed by atoms with E-state index in [1.807, 2.05) is 55.3 Å². The number of fused-ring (bicyclic) bond motifs is 1. The van der Waals surface area contributed by atoms with E-state index in [0.717, 1.165) is 16.8 Å². The first-order valence-electron chi connectivity index (χ1n) is 12.5. The van der Waals surface area contributed by atoms with Crippen LogP contribution in [-0.2, 0) is 4.79 Å². The molecule has 1 unspecified atom stereocenters. The maximum Gasteiger partial charge on any atom is 0.247 e. The summed E-state index contributed by atoms with van der Waals surface area (Å²) >= 11 is 0. The van der Waals surface area contributed by atoms with Crippen molar-refractivity contribution in [3.63, 3.8) is 0 Å². The van der Waals surface area contributed by atoms with Crippen LogP contribution in [-0.4, -0.2) is 65.7 Å². The number of anilines is 6. The van der Waals surface area contributed by atoms with Crippen molar-refractivity contribution in [1.29, 1.82) is 0 Å². The van der Waals surface area contributed by atoms with Crippen LogP contribution in [0.15, 0.2) is 67.4 Å². The minimum atomic E-state index is -0.370. The molecule has 0 spiro atoms. The Morgan fingerprint density at radius 3 is 2.74 bits per heavy atom. The summed E-state index contributed by atoms with van der Waals surface area (Å²) in [5.74, 6) is 1.27. The predicted molar refractivity (Wildman–Crippen MR) is 155 cm³/mol. The molecule has 204 valence electrons. The molecule has 1 amide bonds. The quantitative estimate of drug-likeness (QED) is 0.148. The Morgan fingerprint density at radius 2 is 1.97 bits per heavy atom. The Balaban J connectivity index is 1.54. The van der Waals surface area contributed by atoms with Gasteiger partial charge in [-0.05, 0) is 56.4 Å². The predicted octanol–water partition coefficient (Wildman–Crippen LogP) is 5.28. The summed E-state index contributed by atoms with van der Waals surface area (Å²) in [6, 6.07) is 15.0. The summed E-state index contributed by atoms with van der Waals surface area (Å²) in [4.78, 5) is 26.1. The van der Waals surface area contributed by atoms with E-state index in [-0.39, 0.29) is 18.6 Å². The van der Waals surface area contributed by atoms with Crippen molar-refractivity contribution < 1.29 is 13.9 Å². The average Bonchev–Trinajstić information content (AvgIpc) is 3.39. The number of hydrogen-bond acceptors (Lipinski definition) is 8. The van der Waals surface area contributed by atoms with E-state index in [0.29, 0.717) is 47.6 Å². The third-order valence-corrected chi connectivity index (χ3v) is 5.91. The first-order valence-corrected chi connectivity index (χ1v) is 12.5. The number of nitrogens with zero attached hydrogens (tertiary/aromatic N) is 3. The lowest BCUT2D eigenvalue weighted by molar-refractivity contribution is -0.111. The number of likely N-dealkylation sites (N-methyl/N-ethyl adjacent to an activating group) is 1. The van der Waals surface area contributed by atoms with Gasteiger partial charge in [-0.25, -0.2) is 4.39 Å². The zero-order valence-corrected chi connectivity index (χ0v) is 22.2. The number of ether oxygens (including phenoxy) is 1. The smallest absolute Gasteiger partial charge is 0.247 e. The molecule has 0 aliphatic heterocycles. The standard InChI is InChI=1S/C28H33FN8O2/c1-5-25(38)32-19-7-6-8-20(15-19)33-27-22-11-13-30-26(22)35-28(36-27)34-23-10-9-21(16-24(23)39-4)31-18(2)17-37(3)14-12-29/h5-11,13,15-16,18,31H,1,12,14,17H2,2-4H3,(H,32,38)(H3,30,33,34,35,36). The Hall–Kier alpha value is -4.64. The maximum atomic E-state index is 12.6. The van der Waals surface area contributed by atoms with Crippen LogP contribution < -0.4 is 26.0 Å². The van der Waals surface area contributed by atoms with Gasteiger partial charge in [0.15, 0.2) is 0 Å². The molecule has 0 aliphatic carbocycles. The Bertz CT molecular complexity index is 1440. The van der Waals surface area contributed by atoms with Gasteiger partial charge in [-0.2, -0.15) is 9.97 Å². The third-order valence-electron chi connectivity index (χ3n) is 5.91. The first-order chi connectivity index (χ1) is 18.9. The molecule has 2 heterocycles. The number of carbonyl (C=O) groups is 1. The average molecular weight is 533 g/mol. The number of halogens is 1. The second-order valence-corrected chi connectivity index (χ2v) is 9.07. The van der Waals surface area contributed by atoms with E-state index < -0.39 is 0 Å². The van der Waals surface area contributed by atoms with Crippen molar-refractivity contribution in [1.82, 2.24) is 19.9 Å². The van der Waals surface area contributed by atoms with Crippen molar-refractivity contribution in [3.8, 4) is 5.75 Å². The number of methoxy groups -OCH3 is 1. The van der Waals surface area contributed by atoms with Crippen LogP contribution in [0.25, 0.3) is 11.0 Å². The molecular weight excluding hydrogens is 499 g/mol. The van der Waals surface area contributed by atoms with Crippen molar-refractivity contribution in [2.45, 2.75) is 13.0 Å². The molecule has 39 heavy (non-hydrogen) atoms. The van der Waals surface area contributed by atoms with Gasteiger partial charge in [-0.1, -0.05) is 12.6 Å². The third kappa shape index (κ3) is 7.23. The molecule has 0 saturated heterocycles. The van der Waals surface area contributed by atoms with E-state index in [1.54, 1.807) is 25.4 Å². The van der Waals surface area contributed by atoms with E-state index in [1.165, 1.54) is 6.08 Å². The maximum absolute atomic E-state index is 12.6. The van der Waals surface area contributed by atoms with Crippen LogP contribution in [0, 0.1) is 0 Å². The molecule has 2 aromatic carbocycles. The minimum Gasteiger partial charge on any atom is -0.494 e. The van der Waals surface area contributed by atoms with Gasteiger partial charge in [0, 0.05) is 48.5 Å². The zero-order valence-electron chi connectivity index (χ0n) is 22.2. The number of nitrogens with one attached hydrogen (secondary N) is 5. The molecule has 0 bridgehead atoms. The van der Waals surface area contributed by atoms with E-state index in [4.69, 9.17) is 9.72 Å². The number of rotatable bonds is 13. The molecule has 0 aliphatic rings. The molecule has 0 radical (unpaired) electrons. The monoisotopic (exact) mass is 532 g/mol. The van der Waals surface area contributed by atoms with Gasteiger partial charge in [0.1, 0.15) is 23.9 Å². The molecule has 0 fully saturated rings. The number of aromatic nitrogens is 3. The number of carbonyl (C=O) groups excluding carboxylic acids is 1. The Kier molecular flexibility index (Phi) is 8.95. The molecule has 0 saturated carbocycles. The van der Waals surface area contributed by atoms with E-state index in [9.17, 15) is 9.18 Å². The summed E-state index contributed by atoms with van der Waals surface area (Å²) in [7, 11) is 3.50. The lowest BCUT2D eigenvalue weighted by atomic mass is 10.2. The highest BCUT2D eigenvalue weighted by atomic mass is 19.1. The largest absolute Gasteiger partial charge is 0.494 e. The van der Waals surface area contributed by atoms with E-state index >= 15 is 0 Å². The summed E-state index contributed by atoms with van der Waals surface area (Å²) in [6.45, 7) is 6.27. The van der Waals surface area contributed by atoms with Crippen molar-refractivity contribution in [2.75, 3.05) is 55.2 Å². The van der Waals surface area contributed by atoms with Crippen LogP contribution in [0.1, 0.15) is 6.92 Å². The minimum absolute atomic E-state index is 0.112. The lowest BCUT2D eigenvalue weighted by Crippen LogP contribution is -2.33. The zero-order chi connectivity index (χ0) is 27.8. The normalized spacial score (nSPS) is 11.7. The molecule has 10 nitrogen and oxygen atoms in total. The van der Waals surface area contributed by atoms with Crippen molar-refractivity contribution >= 4 is 51.5 Å². The highest BCUT2D eigenvalue weighted by Gasteiger charge is 2.13. The summed E-state index contributed by atoms with van der Waals surface area (Å²) in [6.07, 6.45) is 3.01. The Morgan fingerprint density at radius 1 is 1.15 bits per heavy atom. The molecule has 4 aromatic rings. The SMILES string of the molecule is C=CC(=O)Nc1cccc(Nc2nc(Nc3ccc(NC(C)CN(C)CCF)cc3OC)nc3[nH]ccc23)c1. The van der Waals surface area contributed by atoms with Gasteiger partial charge >= 0.3 is 0 Å². The number of benzene rings is 2. The van der Waals surface area contributed by atoms with Gasteiger partial charge in [0.25, 0.3) is 0 Å². The van der Waals surface area contributed by atoms with Crippen molar-refractivity contribution in [2.24, 2.45) is 0 Å². The van der Waals surface area contributed by atoms with Crippen LogP contribution in [0.5, 0.6) is 5.75 Å². The second-order valence-electron chi connectivity index (χ2n) is 9.07. The van der Waals surface area contributed by atoms with Gasteiger partial charge in [0.05, 0.1) is 18.2 Å². The number of aromatic amines is 1. The molecule has 2 aromatic heterocycles. The molecular formula is C28H33FN8O2. The molecule has 11 heteroatoms. The first kappa shape index (κ1) is 27.4. The second kappa shape index (κ2) is 12.7. The van der Waals surface area contributed by atoms with Gasteiger partial charge in [-0.3, -0.25) is 4.79 Å². The lowest BCUT2D eigenvalue weighted by Gasteiger charge is -2.22. The highest BCUT2D eigenvalue weighted by Crippen LogP contribution is 2.32. The van der Waals surface area contributed by atoms with E-state index in [2.05, 4.69) is 37.8 Å². The number of hydrogen-bond donors (Lipinski definition) is 5. The summed E-state index contributed by atoms with van der Waals surface area (Å²) in [5, 5.41) is 13.6. The van der Waals surface area contributed by atoms with Gasteiger partial charge < -0.3 is 35.9 Å². The summed E-state index contributed by atoms with van der Waals surface area (Å²) < 4.78 is 18.2. The topological polar surface area (TPSA) is 119 Å². The van der Waals surface area contributed by atoms with Gasteiger partial charge in [0.2, 0.25) is 11.9 Å². The van der Waals surface area contributed by atoms with Crippen molar-refractivity contribution in [3.05, 3.63) is 67.4 Å². The van der Waals surface area contributed by atoms with Crippen LogP contribution in [0.2, 0.25) is 0 Å². The highest BCUT2D eigenvalue weighted by molar-refractivity contribution is 5.99. The number of H-pyrrole nitrogens is 1. The fourth-order valence-corrected chi connectivity index (χ4v) is 4.14. The van der Waals surface area contributed by atoms with Crippen LogP contribution in [0.4, 0.5) is 38.9 Å². The van der Waals surface area contributed by atoms with Crippen LogP contribution >= 0.6 is 0 Å². The Labute approximate surface area is 226 Å². The fraction of sp³-hybridized carbons (Fsp3) is 0.250. The van der Waals surface area contributed by atoms with Crippen LogP contribution in [0.3, 0.4) is 0 Å². The number of alkyl halides is 1. The number of amides is 1. The fourth-order valence-electron chi connectivity index (χ4n) is 4.14.